The van der Waals surface area contributed by atoms with Crippen molar-refractivity contribution in [1.82, 2.24) is 5.06 Å². The number of carbonyl (C=O) groups excluding carboxylic acids is 2. The molecule has 1 saturated heterocycles. The van der Waals surface area contributed by atoms with E-state index in [1.165, 1.54) is 32.1 Å². The number of amides is 2. The van der Waals surface area contributed by atoms with Gasteiger partial charge < -0.3 is 5.73 Å². The molecule has 5 heteroatoms. The monoisotopic (exact) mass is 214 g/mol. The fraction of sp³-hybridized carbons (Fsp3) is 0.800. The lowest BCUT2D eigenvalue weighted by molar-refractivity contribution is -0.171. The highest BCUT2D eigenvalue weighted by Crippen LogP contribution is 2.14. The maximum Gasteiger partial charge on any atom is 0.253 e. The van der Waals surface area contributed by atoms with E-state index in [1.807, 2.05) is 0 Å². The van der Waals surface area contributed by atoms with Crippen LogP contribution in [-0.4, -0.2) is 28.1 Å². The summed E-state index contributed by atoms with van der Waals surface area (Å²) in [6.07, 6.45) is 6.96. The van der Waals surface area contributed by atoms with Crippen LogP contribution in [0, 0.1) is 0 Å². The van der Waals surface area contributed by atoms with Crippen molar-refractivity contribution in [3.63, 3.8) is 0 Å². The molecule has 2 aliphatic rings. The Labute approximate surface area is 89.2 Å². The van der Waals surface area contributed by atoms with Crippen molar-refractivity contribution >= 4 is 11.8 Å². The number of carbonyl (C=O) groups is 2. The van der Waals surface area contributed by atoms with Gasteiger partial charge >= 0.3 is 0 Å². The minimum Gasteiger partial charge on any atom is -0.328 e. The Hall–Kier alpha value is -0.940. The van der Waals surface area contributed by atoms with Crippen molar-refractivity contribution in [2.45, 2.75) is 51.0 Å². The third-order valence-electron chi connectivity index (χ3n) is 2.68. The van der Waals surface area contributed by atoms with Crippen molar-refractivity contribution in [2.75, 3.05) is 0 Å². The predicted molar refractivity (Wildman–Crippen MR) is 53.9 cm³/mol. The van der Waals surface area contributed by atoms with E-state index in [1.54, 1.807) is 0 Å². The van der Waals surface area contributed by atoms with Crippen LogP contribution in [0.1, 0.15) is 44.9 Å². The molecule has 2 rings (SSSR count). The van der Waals surface area contributed by atoms with Crippen LogP contribution in [-0.2, 0) is 9.59 Å². The fourth-order valence-electron chi connectivity index (χ4n) is 1.70. The lowest BCUT2D eigenvalue weighted by atomic mass is 9.97. The highest BCUT2D eigenvalue weighted by Gasteiger charge is 2.26. The van der Waals surface area contributed by atoms with E-state index in [2.05, 4.69) is 0 Å². The van der Waals surface area contributed by atoms with E-state index < -0.39 is 11.8 Å². The van der Waals surface area contributed by atoms with Crippen LogP contribution in [0.5, 0.6) is 0 Å². The van der Waals surface area contributed by atoms with Gasteiger partial charge in [0.2, 0.25) is 0 Å². The molecule has 1 saturated carbocycles. The van der Waals surface area contributed by atoms with E-state index in [0.717, 1.165) is 0 Å². The number of hydrogen-bond acceptors (Lipinski definition) is 4. The molecule has 86 valence electrons. The molecule has 15 heavy (non-hydrogen) atoms. The molecule has 2 fully saturated rings. The van der Waals surface area contributed by atoms with Gasteiger partial charge in [-0.2, -0.15) is 5.06 Å². The van der Waals surface area contributed by atoms with Crippen LogP contribution >= 0.6 is 0 Å². The van der Waals surface area contributed by atoms with E-state index in [4.69, 9.17) is 10.9 Å². The first-order chi connectivity index (χ1) is 7.11. The molecular weight excluding hydrogens is 196 g/mol. The number of hydroxylamine groups is 2. The number of nitrogens with zero attached hydrogens (tertiary/aromatic N) is 1. The fourth-order valence-corrected chi connectivity index (χ4v) is 1.70. The normalized spacial score (nSPS) is 22.7. The van der Waals surface area contributed by atoms with Crippen molar-refractivity contribution in [2.24, 2.45) is 5.73 Å². The van der Waals surface area contributed by atoms with Gasteiger partial charge in [-0.3, -0.25) is 14.8 Å². The maximum atomic E-state index is 10.2. The summed E-state index contributed by atoms with van der Waals surface area (Å²) in [6.45, 7) is 0. The first-order valence-corrected chi connectivity index (χ1v) is 5.41. The molecule has 2 amide bonds. The van der Waals surface area contributed by atoms with Crippen LogP contribution in [0.2, 0.25) is 0 Å². The summed E-state index contributed by atoms with van der Waals surface area (Å²) in [6, 6.07) is 0.536. The predicted octanol–water partition coefficient (Wildman–Crippen LogP) is 0.802. The highest BCUT2D eigenvalue weighted by atomic mass is 16.5. The number of nitrogens with two attached hydrogens (primary N) is 1. The Morgan fingerprint density at radius 2 is 1.53 bits per heavy atom. The van der Waals surface area contributed by atoms with Gasteiger partial charge in [0.25, 0.3) is 11.8 Å². The van der Waals surface area contributed by atoms with Crippen molar-refractivity contribution in [1.29, 1.82) is 0 Å². The third kappa shape index (κ3) is 3.97. The van der Waals surface area contributed by atoms with E-state index in [-0.39, 0.29) is 17.9 Å². The molecule has 0 aromatic heterocycles. The summed E-state index contributed by atoms with van der Waals surface area (Å²) >= 11 is 0. The lowest BCUT2D eigenvalue weighted by Gasteiger charge is -2.15. The van der Waals surface area contributed by atoms with Crippen LogP contribution in [0.3, 0.4) is 0 Å². The lowest BCUT2D eigenvalue weighted by Crippen LogP contribution is -2.24. The molecule has 0 bridgehead atoms. The van der Waals surface area contributed by atoms with Gasteiger partial charge in [-0.25, -0.2) is 0 Å². The smallest absolute Gasteiger partial charge is 0.253 e. The van der Waals surface area contributed by atoms with Crippen LogP contribution in [0.4, 0.5) is 0 Å². The molecule has 1 aliphatic carbocycles. The van der Waals surface area contributed by atoms with E-state index in [9.17, 15) is 9.59 Å². The van der Waals surface area contributed by atoms with Gasteiger partial charge in [0.15, 0.2) is 0 Å². The van der Waals surface area contributed by atoms with Gasteiger partial charge in [-0.1, -0.05) is 19.3 Å². The molecule has 1 heterocycles. The zero-order valence-corrected chi connectivity index (χ0v) is 8.82. The Bertz CT molecular complexity index is 221. The van der Waals surface area contributed by atoms with Gasteiger partial charge in [-0.15, -0.1) is 0 Å². The maximum absolute atomic E-state index is 10.2. The Morgan fingerprint density at radius 1 is 1.07 bits per heavy atom. The summed E-state index contributed by atoms with van der Waals surface area (Å²) in [5.74, 6) is -1.01. The largest absolute Gasteiger partial charge is 0.328 e. The van der Waals surface area contributed by atoms with Crippen molar-refractivity contribution in [3.05, 3.63) is 0 Å². The van der Waals surface area contributed by atoms with Gasteiger partial charge in [0.05, 0.1) is 0 Å². The molecule has 3 N–H and O–H groups in total. The minimum absolute atomic E-state index is 0.148. The highest BCUT2D eigenvalue weighted by molar-refractivity contribution is 6.00. The van der Waals surface area contributed by atoms with Gasteiger partial charge in [-0.05, 0) is 12.8 Å². The second-order valence-electron chi connectivity index (χ2n) is 4.00. The quantitative estimate of drug-likeness (QED) is 0.461. The minimum atomic E-state index is -0.505. The average molecular weight is 214 g/mol. The van der Waals surface area contributed by atoms with Crippen molar-refractivity contribution in [3.8, 4) is 0 Å². The van der Waals surface area contributed by atoms with E-state index in [0.29, 0.717) is 6.04 Å². The van der Waals surface area contributed by atoms with Crippen LogP contribution < -0.4 is 5.73 Å². The summed E-state index contributed by atoms with van der Waals surface area (Å²) < 4.78 is 0. The first kappa shape index (κ1) is 12.1. The Kier molecular flexibility index (Phi) is 4.71. The second kappa shape index (κ2) is 5.82. The molecule has 0 aromatic rings. The molecule has 0 aromatic carbocycles. The molecule has 0 atom stereocenters. The zero-order valence-electron chi connectivity index (χ0n) is 8.82. The molecular formula is C10H18N2O3. The first-order valence-electron chi connectivity index (χ1n) is 5.41. The molecule has 5 nitrogen and oxygen atoms in total. The van der Waals surface area contributed by atoms with Gasteiger partial charge in [0.1, 0.15) is 0 Å². The molecule has 0 unspecified atom stereocenters. The number of hydrogen-bond donors (Lipinski definition) is 2. The third-order valence-corrected chi connectivity index (χ3v) is 2.68. The SMILES string of the molecule is NC1CCCCC1.O=C1CCC(=O)N1O. The zero-order chi connectivity index (χ0) is 11.3. The average Bonchev–Trinajstić information content (AvgIpc) is 2.52. The van der Waals surface area contributed by atoms with Gasteiger partial charge in [0, 0.05) is 18.9 Å². The standard InChI is InChI=1S/C6H13N.C4H5NO3/c7-6-4-2-1-3-5-6;6-3-1-2-4(7)5(3)8/h6H,1-5,7H2;8H,1-2H2. The summed E-state index contributed by atoms with van der Waals surface area (Å²) in [4.78, 5) is 20.5. The van der Waals surface area contributed by atoms with E-state index >= 15 is 0 Å². The summed E-state index contributed by atoms with van der Waals surface area (Å²) in [7, 11) is 0. The second-order valence-corrected chi connectivity index (χ2v) is 4.00. The van der Waals surface area contributed by atoms with Crippen LogP contribution in [0.25, 0.3) is 0 Å². The number of rotatable bonds is 0. The topological polar surface area (TPSA) is 83.6 Å². The molecule has 1 aliphatic heterocycles. The molecule has 0 spiro atoms. The van der Waals surface area contributed by atoms with Crippen LogP contribution in [0.15, 0.2) is 0 Å². The Morgan fingerprint density at radius 3 is 1.73 bits per heavy atom. The molecule has 0 radical (unpaired) electrons. The summed E-state index contributed by atoms with van der Waals surface area (Å²) in [5.41, 5.74) is 5.63. The van der Waals surface area contributed by atoms with Crippen molar-refractivity contribution < 1.29 is 14.8 Å². The Balaban J connectivity index is 0.000000151. The summed E-state index contributed by atoms with van der Waals surface area (Å²) in [5, 5.41) is 8.57. The number of imide groups is 1.